The van der Waals surface area contributed by atoms with Gasteiger partial charge in [-0.3, -0.25) is 14.5 Å². The zero-order valence-corrected chi connectivity index (χ0v) is 20.0. The van der Waals surface area contributed by atoms with Gasteiger partial charge in [0.1, 0.15) is 17.3 Å². The van der Waals surface area contributed by atoms with Crippen molar-refractivity contribution in [2.24, 2.45) is 0 Å². The van der Waals surface area contributed by atoms with Crippen LogP contribution in [0.1, 0.15) is 56.2 Å². The third-order valence-electron chi connectivity index (χ3n) is 5.84. The standard InChI is InChI=1S/C27H28N2O5/c1-6-33-20-13-9-18(10-14-20)24(30)22-23(17-7-11-19(12-8-17)27(3,4)5)29(26(32)25(22)31)21-15-16(2)34-28-21/h7-15,23,30H,6H2,1-5H3/b24-22+/t23-/m1/s1. The molecule has 2 heterocycles. The molecular formula is C27H28N2O5. The van der Waals surface area contributed by atoms with E-state index in [2.05, 4.69) is 25.9 Å². The number of Topliss-reactive ketones (excluding diaryl/α,β-unsaturated/α-hetero) is 1. The number of ketones is 1. The number of anilines is 1. The van der Waals surface area contributed by atoms with E-state index in [0.29, 0.717) is 29.2 Å². The molecule has 1 aliphatic heterocycles. The molecule has 1 atom stereocenters. The second-order valence-electron chi connectivity index (χ2n) is 9.29. The van der Waals surface area contributed by atoms with E-state index in [9.17, 15) is 14.7 Å². The van der Waals surface area contributed by atoms with Crippen LogP contribution in [0.5, 0.6) is 5.75 Å². The molecule has 1 saturated heterocycles. The van der Waals surface area contributed by atoms with Gasteiger partial charge in [-0.05, 0) is 54.7 Å². The summed E-state index contributed by atoms with van der Waals surface area (Å²) in [4.78, 5) is 27.6. The lowest BCUT2D eigenvalue weighted by Gasteiger charge is -2.24. The fourth-order valence-corrected chi connectivity index (χ4v) is 4.05. The number of aliphatic hydroxyl groups excluding tert-OH is 1. The van der Waals surface area contributed by atoms with E-state index in [0.717, 1.165) is 5.56 Å². The van der Waals surface area contributed by atoms with Gasteiger partial charge in [-0.25, -0.2) is 0 Å². The Morgan fingerprint density at radius 2 is 1.74 bits per heavy atom. The quantitative estimate of drug-likeness (QED) is 0.315. The lowest BCUT2D eigenvalue weighted by Crippen LogP contribution is -2.29. The van der Waals surface area contributed by atoms with E-state index in [-0.39, 0.29) is 22.6 Å². The van der Waals surface area contributed by atoms with Crippen molar-refractivity contribution in [3.63, 3.8) is 0 Å². The van der Waals surface area contributed by atoms with Gasteiger partial charge in [-0.2, -0.15) is 0 Å². The van der Waals surface area contributed by atoms with Crippen LogP contribution in [0.4, 0.5) is 5.82 Å². The minimum Gasteiger partial charge on any atom is -0.507 e. The molecule has 34 heavy (non-hydrogen) atoms. The summed E-state index contributed by atoms with van der Waals surface area (Å²) in [5.74, 6) is -0.441. The summed E-state index contributed by atoms with van der Waals surface area (Å²) in [7, 11) is 0. The number of aryl methyl sites for hydroxylation is 1. The first kappa shape index (κ1) is 23.3. The van der Waals surface area contributed by atoms with E-state index >= 15 is 0 Å². The summed E-state index contributed by atoms with van der Waals surface area (Å²) in [6, 6.07) is 15.2. The van der Waals surface area contributed by atoms with Gasteiger partial charge < -0.3 is 14.4 Å². The Morgan fingerprint density at radius 3 is 2.26 bits per heavy atom. The number of aromatic nitrogens is 1. The van der Waals surface area contributed by atoms with Gasteiger partial charge in [0.25, 0.3) is 5.78 Å². The van der Waals surface area contributed by atoms with Crippen LogP contribution in [0.2, 0.25) is 0 Å². The highest BCUT2D eigenvalue weighted by molar-refractivity contribution is 6.51. The zero-order chi connectivity index (χ0) is 24.6. The molecule has 1 aromatic heterocycles. The Labute approximate surface area is 198 Å². The van der Waals surface area contributed by atoms with Gasteiger partial charge in [0, 0.05) is 11.6 Å². The van der Waals surface area contributed by atoms with Crippen LogP contribution in [-0.4, -0.2) is 28.6 Å². The van der Waals surface area contributed by atoms with Crippen molar-refractivity contribution in [1.82, 2.24) is 5.16 Å². The molecule has 3 aromatic rings. The number of benzene rings is 2. The van der Waals surface area contributed by atoms with E-state index in [1.807, 2.05) is 31.2 Å². The van der Waals surface area contributed by atoms with Crippen LogP contribution >= 0.6 is 0 Å². The minimum atomic E-state index is -0.856. The first-order chi connectivity index (χ1) is 16.1. The molecule has 0 aliphatic carbocycles. The molecule has 176 valence electrons. The van der Waals surface area contributed by atoms with E-state index < -0.39 is 17.7 Å². The molecule has 0 unspecified atom stereocenters. The number of rotatable bonds is 5. The molecule has 0 radical (unpaired) electrons. The summed E-state index contributed by atoms with van der Waals surface area (Å²) in [6.45, 7) is 10.4. The lowest BCUT2D eigenvalue weighted by molar-refractivity contribution is -0.132. The highest BCUT2D eigenvalue weighted by Gasteiger charge is 2.48. The molecule has 7 nitrogen and oxygen atoms in total. The van der Waals surface area contributed by atoms with Gasteiger partial charge in [0.2, 0.25) is 0 Å². The summed E-state index contributed by atoms with van der Waals surface area (Å²) in [5, 5.41) is 15.2. The van der Waals surface area contributed by atoms with Crippen molar-refractivity contribution in [1.29, 1.82) is 0 Å². The third-order valence-corrected chi connectivity index (χ3v) is 5.84. The number of hydrogen-bond acceptors (Lipinski definition) is 6. The second-order valence-corrected chi connectivity index (χ2v) is 9.29. The predicted molar refractivity (Wildman–Crippen MR) is 129 cm³/mol. The number of ether oxygens (including phenoxy) is 1. The van der Waals surface area contributed by atoms with E-state index in [1.54, 1.807) is 37.3 Å². The molecular weight excluding hydrogens is 432 g/mol. The molecule has 1 aliphatic rings. The first-order valence-corrected chi connectivity index (χ1v) is 11.2. The van der Waals surface area contributed by atoms with Gasteiger partial charge in [0.15, 0.2) is 5.82 Å². The Morgan fingerprint density at radius 1 is 1.09 bits per heavy atom. The molecule has 7 heteroatoms. The van der Waals surface area contributed by atoms with Crippen LogP contribution in [-0.2, 0) is 15.0 Å². The lowest BCUT2D eigenvalue weighted by atomic mass is 9.85. The van der Waals surface area contributed by atoms with Gasteiger partial charge in [-0.15, -0.1) is 0 Å². The van der Waals surface area contributed by atoms with Crippen molar-refractivity contribution in [2.45, 2.75) is 46.1 Å². The van der Waals surface area contributed by atoms with Crippen LogP contribution in [0.15, 0.2) is 64.7 Å². The SMILES string of the molecule is CCOc1ccc(/C(O)=C2\C(=O)C(=O)N(c3cc(C)on3)[C@@H]2c2ccc(C(C)(C)C)cc2)cc1. The molecule has 2 aromatic carbocycles. The highest BCUT2D eigenvalue weighted by Crippen LogP contribution is 2.42. The minimum absolute atomic E-state index is 0.00155. The van der Waals surface area contributed by atoms with Crippen LogP contribution in [0, 0.1) is 6.92 Å². The van der Waals surface area contributed by atoms with Crippen molar-refractivity contribution >= 4 is 23.3 Å². The summed E-state index contributed by atoms with van der Waals surface area (Å²) >= 11 is 0. The average Bonchev–Trinajstić information content (AvgIpc) is 3.34. The largest absolute Gasteiger partial charge is 0.507 e. The molecule has 0 saturated carbocycles. The monoisotopic (exact) mass is 460 g/mol. The molecule has 1 N–H and O–H groups in total. The van der Waals surface area contributed by atoms with Crippen molar-refractivity contribution < 1.29 is 24.0 Å². The smallest absolute Gasteiger partial charge is 0.301 e. The summed E-state index contributed by atoms with van der Waals surface area (Å²) < 4.78 is 10.6. The molecule has 0 spiro atoms. The Hall–Kier alpha value is -3.87. The maximum atomic E-state index is 13.2. The zero-order valence-electron chi connectivity index (χ0n) is 20.0. The van der Waals surface area contributed by atoms with Gasteiger partial charge in [-0.1, -0.05) is 50.2 Å². The van der Waals surface area contributed by atoms with Gasteiger partial charge >= 0.3 is 5.91 Å². The number of nitrogens with zero attached hydrogens (tertiary/aromatic N) is 2. The topological polar surface area (TPSA) is 92.9 Å². The average molecular weight is 461 g/mol. The van der Waals surface area contributed by atoms with Crippen molar-refractivity contribution in [3.8, 4) is 5.75 Å². The maximum absolute atomic E-state index is 13.2. The second kappa shape index (κ2) is 8.82. The van der Waals surface area contributed by atoms with Crippen LogP contribution in [0.3, 0.4) is 0 Å². The number of aliphatic hydroxyl groups is 1. The number of carbonyl (C=O) groups is 2. The molecule has 1 amide bonds. The Kier molecular flexibility index (Phi) is 6.04. The number of hydrogen-bond donors (Lipinski definition) is 1. The number of carbonyl (C=O) groups excluding carboxylic acids is 2. The fraction of sp³-hybridized carbons (Fsp3) is 0.296. The highest BCUT2D eigenvalue weighted by atomic mass is 16.5. The van der Waals surface area contributed by atoms with Crippen LogP contribution in [0.25, 0.3) is 5.76 Å². The fourth-order valence-electron chi connectivity index (χ4n) is 4.05. The third kappa shape index (κ3) is 4.21. The Balaban J connectivity index is 1.87. The summed E-state index contributed by atoms with van der Waals surface area (Å²) in [5.41, 5.74) is 2.14. The van der Waals surface area contributed by atoms with Gasteiger partial charge in [0.05, 0.1) is 18.2 Å². The van der Waals surface area contributed by atoms with Crippen molar-refractivity contribution in [2.75, 3.05) is 11.5 Å². The predicted octanol–water partition coefficient (Wildman–Crippen LogP) is 5.31. The normalized spacial score (nSPS) is 17.9. The Bertz CT molecular complexity index is 1250. The van der Waals surface area contributed by atoms with E-state index in [4.69, 9.17) is 9.26 Å². The van der Waals surface area contributed by atoms with E-state index in [1.165, 1.54) is 4.90 Å². The van der Waals surface area contributed by atoms with Crippen molar-refractivity contribution in [3.05, 3.63) is 82.6 Å². The first-order valence-electron chi connectivity index (χ1n) is 11.2. The van der Waals surface area contributed by atoms with Crippen LogP contribution < -0.4 is 9.64 Å². The summed E-state index contributed by atoms with van der Waals surface area (Å²) in [6.07, 6.45) is 0. The molecule has 1 fully saturated rings. The molecule has 4 rings (SSSR count). The number of amides is 1. The maximum Gasteiger partial charge on any atom is 0.301 e. The molecule has 0 bridgehead atoms.